The second-order valence-electron chi connectivity index (χ2n) is 7.74. The zero-order chi connectivity index (χ0) is 20.9. The van der Waals surface area contributed by atoms with Crippen molar-refractivity contribution < 1.29 is 4.79 Å². The van der Waals surface area contributed by atoms with Crippen molar-refractivity contribution in [3.8, 4) is 22.5 Å². The average molecular weight is 419 g/mol. The highest BCUT2D eigenvalue weighted by molar-refractivity contribution is 7.99. The van der Waals surface area contributed by atoms with Crippen molar-refractivity contribution in [2.24, 2.45) is 0 Å². The third-order valence-electron chi connectivity index (χ3n) is 5.57. The normalized spacial score (nSPS) is 18.9. The number of rotatable bonds is 5. The maximum Gasteiger partial charge on any atom is 0.233 e. The Labute approximate surface area is 181 Å². The van der Waals surface area contributed by atoms with E-state index in [1.165, 1.54) is 18.2 Å². The van der Waals surface area contributed by atoms with E-state index >= 15 is 0 Å². The minimum Gasteiger partial charge on any atom is -0.337 e. The fourth-order valence-electron chi connectivity index (χ4n) is 4.07. The van der Waals surface area contributed by atoms with Gasteiger partial charge in [0, 0.05) is 23.2 Å². The molecule has 1 aliphatic rings. The van der Waals surface area contributed by atoms with Crippen molar-refractivity contribution in [2.75, 3.05) is 5.75 Å². The van der Waals surface area contributed by atoms with Gasteiger partial charge in [-0.2, -0.15) is 0 Å². The molecule has 1 fully saturated rings. The molecular weight excluding hydrogens is 392 g/mol. The number of carbonyl (C=O) groups is 1. The van der Waals surface area contributed by atoms with Crippen LogP contribution in [0.2, 0.25) is 0 Å². The molecule has 1 amide bonds. The Hall–Kier alpha value is -2.73. The van der Waals surface area contributed by atoms with E-state index in [0.29, 0.717) is 23.0 Å². The summed E-state index contributed by atoms with van der Waals surface area (Å²) in [5.41, 5.74) is 3.49. The third kappa shape index (κ3) is 4.54. The first-order chi connectivity index (χ1) is 14.6. The van der Waals surface area contributed by atoms with Crippen LogP contribution in [0.25, 0.3) is 22.5 Å². The summed E-state index contributed by atoms with van der Waals surface area (Å²) in [6.45, 7) is 4.27. The molecule has 2 atom stereocenters. The topological polar surface area (TPSA) is 59.0 Å². The molecule has 5 nitrogen and oxygen atoms in total. The first-order valence-corrected chi connectivity index (χ1v) is 11.4. The van der Waals surface area contributed by atoms with E-state index in [4.69, 9.17) is 4.98 Å². The van der Waals surface area contributed by atoms with E-state index in [1.54, 1.807) is 0 Å². The maximum absolute atomic E-state index is 12.9. The van der Waals surface area contributed by atoms with Gasteiger partial charge in [0.15, 0.2) is 0 Å². The molecular formula is C24H26N4OS. The number of nitrogens with zero attached hydrogens (tertiary/aromatic N) is 4. The van der Waals surface area contributed by atoms with Crippen LogP contribution in [0.5, 0.6) is 0 Å². The van der Waals surface area contributed by atoms with Gasteiger partial charge in [0.1, 0.15) is 11.4 Å². The standard InChI is InChI=1S/C24H26N4OS/c1-17-10-9-11-18(2)28(17)21(29)16-30-24-25-22(19-12-5-3-6-13-19)23(26-27-24)20-14-7-4-8-15-20/h3-8,12-15,17-18H,9-11,16H2,1-2H3/t17-,18+. The molecule has 0 radical (unpaired) electrons. The predicted octanol–water partition coefficient (Wildman–Crippen LogP) is 5.09. The van der Waals surface area contributed by atoms with Gasteiger partial charge >= 0.3 is 0 Å². The molecule has 2 aromatic carbocycles. The molecule has 0 aliphatic carbocycles. The molecule has 1 aromatic heterocycles. The molecule has 0 spiro atoms. The van der Waals surface area contributed by atoms with Crippen molar-refractivity contribution in [1.29, 1.82) is 0 Å². The van der Waals surface area contributed by atoms with Crippen LogP contribution < -0.4 is 0 Å². The lowest BCUT2D eigenvalue weighted by molar-refractivity contribution is -0.134. The lowest BCUT2D eigenvalue weighted by Gasteiger charge is -2.39. The molecule has 0 bridgehead atoms. The minimum atomic E-state index is 0.150. The van der Waals surface area contributed by atoms with Gasteiger partial charge in [0.05, 0.1) is 5.75 Å². The number of likely N-dealkylation sites (tertiary alicyclic amines) is 1. The molecule has 0 saturated carbocycles. The lowest BCUT2D eigenvalue weighted by atomic mass is 9.98. The first-order valence-electron chi connectivity index (χ1n) is 10.4. The summed E-state index contributed by atoms with van der Waals surface area (Å²) in [6.07, 6.45) is 3.33. The number of thioether (sulfide) groups is 1. The third-order valence-corrected chi connectivity index (χ3v) is 6.39. The number of carbonyl (C=O) groups excluding carboxylic acids is 1. The zero-order valence-corrected chi connectivity index (χ0v) is 18.2. The Kier molecular flexibility index (Phi) is 6.43. The highest BCUT2D eigenvalue weighted by atomic mass is 32.2. The van der Waals surface area contributed by atoms with Crippen LogP contribution in [0.4, 0.5) is 0 Å². The van der Waals surface area contributed by atoms with Crippen LogP contribution in [0.15, 0.2) is 65.8 Å². The molecule has 3 aromatic rings. The van der Waals surface area contributed by atoms with Crippen molar-refractivity contribution in [3.63, 3.8) is 0 Å². The number of amides is 1. The number of benzene rings is 2. The van der Waals surface area contributed by atoms with Crippen LogP contribution in [0, 0.1) is 0 Å². The van der Waals surface area contributed by atoms with Crippen molar-refractivity contribution in [2.45, 2.75) is 50.4 Å². The molecule has 30 heavy (non-hydrogen) atoms. The number of aromatic nitrogens is 3. The van der Waals surface area contributed by atoms with E-state index in [1.807, 2.05) is 65.6 Å². The molecule has 1 saturated heterocycles. The van der Waals surface area contributed by atoms with E-state index < -0.39 is 0 Å². The van der Waals surface area contributed by atoms with E-state index in [2.05, 4.69) is 24.0 Å². The Balaban J connectivity index is 1.58. The average Bonchev–Trinajstić information content (AvgIpc) is 2.78. The monoisotopic (exact) mass is 418 g/mol. The van der Waals surface area contributed by atoms with Gasteiger partial charge in [0.25, 0.3) is 0 Å². The smallest absolute Gasteiger partial charge is 0.233 e. The fraction of sp³-hybridized carbons (Fsp3) is 0.333. The first kappa shape index (κ1) is 20.5. The predicted molar refractivity (Wildman–Crippen MR) is 121 cm³/mol. The van der Waals surface area contributed by atoms with Crippen LogP contribution in [0.1, 0.15) is 33.1 Å². The van der Waals surface area contributed by atoms with Gasteiger partial charge in [-0.05, 0) is 33.1 Å². The van der Waals surface area contributed by atoms with Gasteiger partial charge in [0.2, 0.25) is 11.1 Å². The molecule has 6 heteroatoms. The number of piperidine rings is 1. The summed E-state index contributed by atoms with van der Waals surface area (Å²) in [5, 5.41) is 9.34. The largest absolute Gasteiger partial charge is 0.337 e. The number of hydrogen-bond donors (Lipinski definition) is 0. The summed E-state index contributed by atoms with van der Waals surface area (Å²) in [5.74, 6) is 0.478. The summed E-state index contributed by atoms with van der Waals surface area (Å²) in [4.78, 5) is 19.7. The molecule has 0 unspecified atom stereocenters. The van der Waals surface area contributed by atoms with Gasteiger partial charge in [-0.3, -0.25) is 4.79 Å². The van der Waals surface area contributed by atoms with Gasteiger partial charge in [-0.1, -0.05) is 72.4 Å². The van der Waals surface area contributed by atoms with Gasteiger partial charge in [-0.25, -0.2) is 4.98 Å². The van der Waals surface area contributed by atoms with Crippen molar-refractivity contribution in [1.82, 2.24) is 20.1 Å². The van der Waals surface area contributed by atoms with Gasteiger partial charge in [-0.15, -0.1) is 10.2 Å². The Morgan fingerprint density at radius 2 is 1.47 bits per heavy atom. The van der Waals surface area contributed by atoms with E-state index in [0.717, 1.165) is 35.4 Å². The molecule has 2 heterocycles. The fourth-order valence-corrected chi connectivity index (χ4v) is 4.73. The lowest BCUT2D eigenvalue weighted by Crippen LogP contribution is -2.48. The van der Waals surface area contributed by atoms with E-state index in [9.17, 15) is 4.79 Å². The summed E-state index contributed by atoms with van der Waals surface area (Å²) in [7, 11) is 0. The minimum absolute atomic E-state index is 0.150. The molecule has 1 aliphatic heterocycles. The van der Waals surface area contributed by atoms with E-state index in [-0.39, 0.29) is 5.91 Å². The SMILES string of the molecule is C[C@@H]1CCC[C@H](C)N1C(=O)CSc1nnc(-c2ccccc2)c(-c2ccccc2)n1. The highest BCUT2D eigenvalue weighted by Gasteiger charge is 2.29. The van der Waals surface area contributed by atoms with Crippen LogP contribution in [0.3, 0.4) is 0 Å². The Morgan fingerprint density at radius 1 is 0.900 bits per heavy atom. The summed E-state index contributed by atoms with van der Waals surface area (Å²) >= 11 is 1.36. The molecule has 4 rings (SSSR count). The van der Waals surface area contributed by atoms with Gasteiger partial charge < -0.3 is 4.90 Å². The van der Waals surface area contributed by atoms with Crippen molar-refractivity contribution in [3.05, 3.63) is 60.7 Å². The summed E-state index contributed by atoms with van der Waals surface area (Å²) in [6, 6.07) is 20.5. The second kappa shape index (κ2) is 9.39. The van der Waals surface area contributed by atoms with Crippen LogP contribution in [-0.2, 0) is 4.79 Å². The van der Waals surface area contributed by atoms with Crippen LogP contribution >= 0.6 is 11.8 Å². The molecule has 154 valence electrons. The Morgan fingerprint density at radius 3 is 2.07 bits per heavy atom. The van der Waals surface area contributed by atoms with Crippen molar-refractivity contribution >= 4 is 17.7 Å². The van der Waals surface area contributed by atoms with Crippen LogP contribution in [-0.4, -0.2) is 43.8 Å². The molecule has 0 N–H and O–H groups in total. The Bertz CT molecular complexity index is 987. The second-order valence-corrected chi connectivity index (χ2v) is 8.68. The zero-order valence-electron chi connectivity index (χ0n) is 17.4. The highest BCUT2D eigenvalue weighted by Crippen LogP contribution is 2.30. The number of hydrogen-bond acceptors (Lipinski definition) is 5. The quantitative estimate of drug-likeness (QED) is 0.540. The summed E-state index contributed by atoms with van der Waals surface area (Å²) < 4.78 is 0. The maximum atomic E-state index is 12.9.